The van der Waals surface area contributed by atoms with Crippen LogP contribution in [0.3, 0.4) is 0 Å². The minimum atomic E-state index is 0.273. The summed E-state index contributed by atoms with van der Waals surface area (Å²) in [6.45, 7) is 4.38. The standard InChI is InChI=1S/C26H27BrO2/c1-2-19-4-5-22(27)13-24(19)23-6-3-16(12-26(23)28)14-29-15-25-20-8-17-7-18(10-20)11-21(25)9-17/h2-6,12-13,15,17-18,20-21,28H,1,7-11,14H2. The van der Waals surface area contributed by atoms with Crippen molar-refractivity contribution in [1.29, 1.82) is 0 Å². The van der Waals surface area contributed by atoms with Gasteiger partial charge >= 0.3 is 0 Å². The Morgan fingerprint density at radius 3 is 2.34 bits per heavy atom. The maximum absolute atomic E-state index is 10.6. The lowest BCUT2D eigenvalue weighted by Gasteiger charge is -2.51. The summed E-state index contributed by atoms with van der Waals surface area (Å²) < 4.78 is 6.99. The largest absolute Gasteiger partial charge is 0.507 e. The fourth-order valence-electron chi connectivity index (χ4n) is 5.99. The van der Waals surface area contributed by atoms with E-state index >= 15 is 0 Å². The first-order valence-electron chi connectivity index (χ1n) is 10.7. The molecule has 0 aliphatic heterocycles. The minimum Gasteiger partial charge on any atom is -0.507 e. The van der Waals surface area contributed by atoms with E-state index in [2.05, 4.69) is 28.8 Å². The average molecular weight is 451 g/mol. The summed E-state index contributed by atoms with van der Waals surface area (Å²) in [5.41, 5.74) is 5.32. The Bertz CT molecular complexity index is 945. The fourth-order valence-corrected chi connectivity index (χ4v) is 6.35. The Kier molecular flexibility index (Phi) is 5.03. The third-order valence-electron chi connectivity index (χ3n) is 7.14. The van der Waals surface area contributed by atoms with Crippen molar-refractivity contribution in [3.8, 4) is 16.9 Å². The summed E-state index contributed by atoms with van der Waals surface area (Å²) >= 11 is 3.52. The smallest absolute Gasteiger partial charge is 0.123 e. The van der Waals surface area contributed by atoms with Crippen molar-refractivity contribution in [3.63, 3.8) is 0 Å². The second kappa shape index (κ2) is 7.68. The molecule has 0 radical (unpaired) electrons. The van der Waals surface area contributed by atoms with E-state index in [0.29, 0.717) is 6.61 Å². The number of hydrogen-bond donors (Lipinski definition) is 1. The van der Waals surface area contributed by atoms with Gasteiger partial charge in [-0.15, -0.1) is 0 Å². The van der Waals surface area contributed by atoms with Crippen molar-refractivity contribution in [3.05, 3.63) is 70.4 Å². The molecule has 0 unspecified atom stereocenters. The number of hydrogen-bond acceptors (Lipinski definition) is 2. The highest BCUT2D eigenvalue weighted by atomic mass is 79.9. The van der Waals surface area contributed by atoms with E-state index in [0.717, 1.165) is 50.4 Å². The molecule has 4 saturated carbocycles. The molecule has 4 fully saturated rings. The van der Waals surface area contributed by atoms with Gasteiger partial charge in [0.15, 0.2) is 0 Å². The SMILES string of the molecule is C=Cc1ccc(Br)cc1-c1ccc(COC=C2C3CC4CC(C3)CC2C4)cc1O. The molecule has 6 rings (SSSR count). The molecule has 3 heteroatoms. The van der Waals surface area contributed by atoms with Crippen LogP contribution in [0.4, 0.5) is 0 Å². The molecular weight excluding hydrogens is 424 g/mol. The quantitative estimate of drug-likeness (QED) is 0.483. The van der Waals surface area contributed by atoms with Crippen LogP contribution >= 0.6 is 15.9 Å². The Morgan fingerprint density at radius 1 is 0.966 bits per heavy atom. The molecule has 0 heterocycles. The molecule has 2 aromatic rings. The zero-order valence-electron chi connectivity index (χ0n) is 16.6. The van der Waals surface area contributed by atoms with E-state index in [-0.39, 0.29) is 5.75 Å². The molecule has 150 valence electrons. The van der Waals surface area contributed by atoms with E-state index < -0.39 is 0 Å². The van der Waals surface area contributed by atoms with E-state index in [1.54, 1.807) is 5.57 Å². The van der Waals surface area contributed by atoms with Crippen LogP contribution in [0, 0.1) is 23.7 Å². The Balaban J connectivity index is 1.30. The molecule has 0 saturated heterocycles. The van der Waals surface area contributed by atoms with Crippen molar-refractivity contribution in [2.45, 2.75) is 38.7 Å². The monoisotopic (exact) mass is 450 g/mol. The van der Waals surface area contributed by atoms with Gasteiger partial charge in [-0.1, -0.05) is 46.8 Å². The first-order valence-corrected chi connectivity index (χ1v) is 11.5. The topological polar surface area (TPSA) is 29.5 Å². The summed E-state index contributed by atoms with van der Waals surface area (Å²) in [6, 6.07) is 11.8. The van der Waals surface area contributed by atoms with Gasteiger partial charge in [0.25, 0.3) is 0 Å². The number of ether oxygens (including phenoxy) is 1. The van der Waals surface area contributed by atoms with E-state index in [1.165, 1.54) is 32.1 Å². The van der Waals surface area contributed by atoms with Crippen LogP contribution in [0.2, 0.25) is 0 Å². The second-order valence-electron chi connectivity index (χ2n) is 9.02. The molecule has 2 aromatic carbocycles. The highest BCUT2D eigenvalue weighted by molar-refractivity contribution is 9.10. The van der Waals surface area contributed by atoms with Crippen molar-refractivity contribution >= 4 is 22.0 Å². The Morgan fingerprint density at radius 2 is 1.69 bits per heavy atom. The van der Waals surface area contributed by atoms with Gasteiger partial charge in [0.05, 0.1) is 6.26 Å². The number of rotatable bonds is 5. The number of allylic oxidation sites excluding steroid dienone is 1. The number of phenols is 1. The molecule has 1 N–H and O–H groups in total. The predicted molar refractivity (Wildman–Crippen MR) is 121 cm³/mol. The predicted octanol–water partition coefficient (Wildman–Crippen LogP) is 7.32. The summed E-state index contributed by atoms with van der Waals surface area (Å²) in [6.07, 6.45) is 10.8. The average Bonchev–Trinajstić information content (AvgIpc) is 2.69. The van der Waals surface area contributed by atoms with Crippen LogP contribution in [0.15, 0.2) is 59.3 Å². The molecule has 0 amide bonds. The highest BCUT2D eigenvalue weighted by Gasteiger charge is 2.45. The summed E-state index contributed by atoms with van der Waals surface area (Å²) in [5, 5.41) is 10.6. The molecular formula is C26H27BrO2. The van der Waals surface area contributed by atoms with E-state index in [1.807, 2.05) is 42.5 Å². The molecule has 0 spiro atoms. The highest BCUT2D eigenvalue weighted by Crippen LogP contribution is 2.56. The minimum absolute atomic E-state index is 0.273. The lowest BCUT2D eigenvalue weighted by Crippen LogP contribution is -2.40. The maximum atomic E-state index is 10.6. The van der Waals surface area contributed by atoms with Crippen LogP contribution < -0.4 is 0 Å². The van der Waals surface area contributed by atoms with Gasteiger partial charge < -0.3 is 9.84 Å². The van der Waals surface area contributed by atoms with Gasteiger partial charge in [-0.2, -0.15) is 0 Å². The van der Waals surface area contributed by atoms with Crippen LogP contribution in [0.25, 0.3) is 17.2 Å². The molecule has 0 atom stereocenters. The molecule has 4 aliphatic rings. The summed E-state index contributed by atoms with van der Waals surface area (Å²) in [7, 11) is 0. The zero-order chi connectivity index (χ0) is 20.0. The van der Waals surface area contributed by atoms with Gasteiger partial charge in [0, 0.05) is 10.0 Å². The van der Waals surface area contributed by atoms with Crippen LogP contribution in [-0.4, -0.2) is 5.11 Å². The zero-order valence-corrected chi connectivity index (χ0v) is 18.2. The van der Waals surface area contributed by atoms with Gasteiger partial charge in [0.2, 0.25) is 0 Å². The first kappa shape index (κ1) is 19.0. The molecule has 4 aliphatic carbocycles. The molecule has 29 heavy (non-hydrogen) atoms. The first-order chi connectivity index (χ1) is 14.1. The summed E-state index contributed by atoms with van der Waals surface area (Å²) in [5.74, 6) is 3.73. The van der Waals surface area contributed by atoms with E-state index in [9.17, 15) is 5.11 Å². The van der Waals surface area contributed by atoms with Gasteiger partial charge in [-0.3, -0.25) is 0 Å². The van der Waals surface area contributed by atoms with Crippen molar-refractivity contribution < 1.29 is 9.84 Å². The Labute approximate surface area is 181 Å². The third kappa shape index (κ3) is 3.66. The van der Waals surface area contributed by atoms with Crippen LogP contribution in [0.1, 0.15) is 43.2 Å². The third-order valence-corrected chi connectivity index (χ3v) is 7.63. The van der Waals surface area contributed by atoms with Gasteiger partial charge in [-0.25, -0.2) is 0 Å². The van der Waals surface area contributed by atoms with Crippen LogP contribution in [-0.2, 0) is 11.3 Å². The Hall–Kier alpha value is -2.00. The fraction of sp³-hybridized carbons (Fsp3) is 0.385. The molecule has 0 aromatic heterocycles. The van der Waals surface area contributed by atoms with E-state index in [4.69, 9.17) is 4.74 Å². The number of halogens is 1. The van der Waals surface area contributed by atoms with Crippen molar-refractivity contribution in [2.75, 3.05) is 0 Å². The lowest BCUT2D eigenvalue weighted by molar-refractivity contribution is 0.0632. The number of phenolic OH excluding ortho intramolecular Hbond substituents is 1. The van der Waals surface area contributed by atoms with Gasteiger partial charge in [-0.05, 0) is 96.2 Å². The molecule has 2 nitrogen and oxygen atoms in total. The summed E-state index contributed by atoms with van der Waals surface area (Å²) in [4.78, 5) is 0. The number of aromatic hydroxyl groups is 1. The lowest BCUT2D eigenvalue weighted by atomic mass is 9.54. The second-order valence-corrected chi connectivity index (χ2v) is 9.94. The van der Waals surface area contributed by atoms with Crippen LogP contribution in [0.5, 0.6) is 5.75 Å². The number of benzene rings is 2. The van der Waals surface area contributed by atoms with Crippen molar-refractivity contribution in [1.82, 2.24) is 0 Å². The van der Waals surface area contributed by atoms with Crippen molar-refractivity contribution in [2.24, 2.45) is 23.7 Å². The maximum Gasteiger partial charge on any atom is 0.123 e. The normalized spacial score (nSPS) is 27.1. The molecule has 4 bridgehead atoms. The van der Waals surface area contributed by atoms with Gasteiger partial charge in [0.1, 0.15) is 12.4 Å².